The Morgan fingerprint density at radius 3 is 3.00 bits per heavy atom. The fraction of sp³-hybridized carbons (Fsp3) is 0.667. The summed E-state index contributed by atoms with van der Waals surface area (Å²) in [5.74, 6) is 0. The van der Waals surface area contributed by atoms with E-state index in [9.17, 15) is 0 Å². The minimum atomic E-state index is 0.206. The molecule has 9 heavy (non-hydrogen) atoms. The molecule has 1 N–H and O–H groups in total. The molecule has 50 valence electrons. The van der Waals surface area contributed by atoms with Crippen molar-refractivity contribution in [1.29, 1.82) is 0 Å². The van der Waals surface area contributed by atoms with Crippen molar-refractivity contribution >= 4 is 12.4 Å². The zero-order chi connectivity index (χ0) is 6.53. The predicted octanol–water partition coefficient (Wildman–Crippen LogP) is -0.107. The van der Waals surface area contributed by atoms with Crippen LogP contribution in [0.2, 0.25) is 0 Å². The highest BCUT2D eigenvalue weighted by atomic mass is 16.3. The number of rotatable bonds is 2. The summed E-state index contributed by atoms with van der Waals surface area (Å²) in [6.07, 6.45) is 4.10. The number of aliphatic hydroxyl groups is 1. The van der Waals surface area contributed by atoms with Crippen LogP contribution in [0.3, 0.4) is 0 Å². The van der Waals surface area contributed by atoms with Gasteiger partial charge in [0.25, 0.3) is 0 Å². The van der Waals surface area contributed by atoms with E-state index in [0.717, 1.165) is 13.0 Å². The summed E-state index contributed by atoms with van der Waals surface area (Å²) in [6.45, 7) is 0.939. The molecule has 0 aromatic carbocycles. The van der Waals surface area contributed by atoms with Crippen molar-refractivity contribution in [3.05, 3.63) is 0 Å². The molecular formula is C6H10N2O. The maximum absolute atomic E-state index is 8.49. The molecule has 3 nitrogen and oxygen atoms in total. The lowest BCUT2D eigenvalue weighted by molar-refractivity contribution is 0.277. The highest BCUT2D eigenvalue weighted by Crippen LogP contribution is 1.98. The first-order valence-corrected chi connectivity index (χ1v) is 3.06. The fourth-order valence-corrected chi connectivity index (χ4v) is 0.752. The van der Waals surface area contributed by atoms with Crippen molar-refractivity contribution in [1.82, 2.24) is 0 Å². The Morgan fingerprint density at radius 1 is 1.56 bits per heavy atom. The summed E-state index contributed by atoms with van der Waals surface area (Å²) in [5.41, 5.74) is 0. The molecule has 1 rings (SSSR count). The molecule has 3 heteroatoms. The van der Waals surface area contributed by atoms with Crippen molar-refractivity contribution in [2.45, 2.75) is 12.5 Å². The van der Waals surface area contributed by atoms with Gasteiger partial charge in [-0.3, -0.25) is 9.98 Å². The van der Waals surface area contributed by atoms with Crippen LogP contribution in [0.15, 0.2) is 9.98 Å². The first-order valence-electron chi connectivity index (χ1n) is 3.06. The normalized spacial score (nSPS) is 24.8. The van der Waals surface area contributed by atoms with Crippen LogP contribution in [0.1, 0.15) is 6.42 Å². The Balaban J connectivity index is 2.28. The van der Waals surface area contributed by atoms with Crippen molar-refractivity contribution < 1.29 is 5.11 Å². The third-order valence-corrected chi connectivity index (χ3v) is 1.25. The predicted molar refractivity (Wildman–Crippen MR) is 37.3 cm³/mol. The van der Waals surface area contributed by atoms with Gasteiger partial charge >= 0.3 is 0 Å². The third kappa shape index (κ3) is 1.93. The number of hydrogen-bond donors (Lipinski definition) is 1. The van der Waals surface area contributed by atoms with E-state index in [1.54, 1.807) is 12.4 Å². The van der Waals surface area contributed by atoms with Crippen LogP contribution in [-0.2, 0) is 0 Å². The molecule has 0 fully saturated rings. The molecule has 0 radical (unpaired) electrons. The average Bonchev–Trinajstić information content (AvgIpc) is 1.91. The Labute approximate surface area is 54.1 Å². The van der Waals surface area contributed by atoms with Crippen LogP contribution in [0, 0.1) is 0 Å². The van der Waals surface area contributed by atoms with E-state index in [0.29, 0.717) is 0 Å². The van der Waals surface area contributed by atoms with Crippen molar-refractivity contribution in [3.63, 3.8) is 0 Å². The zero-order valence-corrected chi connectivity index (χ0v) is 5.20. The minimum Gasteiger partial charge on any atom is -0.396 e. The van der Waals surface area contributed by atoms with Gasteiger partial charge in [0.2, 0.25) is 0 Å². The average molecular weight is 126 g/mol. The number of hydrogen-bond acceptors (Lipinski definition) is 3. The van der Waals surface area contributed by atoms with E-state index in [1.807, 2.05) is 0 Å². The molecule has 0 aromatic heterocycles. The summed E-state index contributed by atoms with van der Waals surface area (Å²) in [5, 5.41) is 8.49. The van der Waals surface area contributed by atoms with E-state index in [2.05, 4.69) is 9.98 Å². The van der Waals surface area contributed by atoms with Gasteiger partial charge in [-0.25, -0.2) is 0 Å². The first kappa shape index (κ1) is 6.42. The van der Waals surface area contributed by atoms with Crippen molar-refractivity contribution in [3.8, 4) is 0 Å². The molecule has 1 unspecified atom stereocenters. The topological polar surface area (TPSA) is 45.0 Å². The fourth-order valence-electron chi connectivity index (χ4n) is 0.752. The Hall–Kier alpha value is -0.700. The maximum Gasteiger partial charge on any atom is 0.0717 e. The van der Waals surface area contributed by atoms with Gasteiger partial charge < -0.3 is 5.11 Å². The lowest BCUT2D eigenvalue weighted by Crippen LogP contribution is -2.14. The zero-order valence-electron chi connectivity index (χ0n) is 5.20. The standard InChI is InChI=1S/C6H10N2O/c9-4-1-6-5-7-2-3-8-6/h2-3,6,9H,1,4-5H2. The molecule has 0 bridgehead atoms. The second-order valence-corrected chi connectivity index (χ2v) is 1.98. The quantitative estimate of drug-likeness (QED) is 0.551. The van der Waals surface area contributed by atoms with Crippen LogP contribution >= 0.6 is 0 Å². The lowest BCUT2D eigenvalue weighted by Gasteiger charge is -2.08. The van der Waals surface area contributed by atoms with E-state index in [-0.39, 0.29) is 12.6 Å². The molecule has 1 aliphatic rings. The van der Waals surface area contributed by atoms with Gasteiger partial charge in [0, 0.05) is 19.0 Å². The summed E-state index contributed by atoms with van der Waals surface area (Å²) in [7, 11) is 0. The second-order valence-electron chi connectivity index (χ2n) is 1.98. The highest BCUT2D eigenvalue weighted by Gasteiger charge is 2.04. The minimum absolute atomic E-state index is 0.206. The van der Waals surface area contributed by atoms with E-state index in [1.165, 1.54) is 0 Å². The SMILES string of the molecule is OCCC1CN=CC=N1. The van der Waals surface area contributed by atoms with E-state index < -0.39 is 0 Å². The molecule has 0 saturated carbocycles. The molecule has 0 amide bonds. The van der Waals surface area contributed by atoms with Gasteiger partial charge in [-0.2, -0.15) is 0 Å². The smallest absolute Gasteiger partial charge is 0.0717 e. The van der Waals surface area contributed by atoms with Gasteiger partial charge in [-0.1, -0.05) is 0 Å². The summed E-state index contributed by atoms with van der Waals surface area (Å²) < 4.78 is 0. The lowest BCUT2D eigenvalue weighted by atomic mass is 10.2. The summed E-state index contributed by atoms with van der Waals surface area (Å²) >= 11 is 0. The monoisotopic (exact) mass is 126 g/mol. The van der Waals surface area contributed by atoms with Gasteiger partial charge in [0.05, 0.1) is 12.6 Å². The molecule has 1 atom stereocenters. The third-order valence-electron chi connectivity index (χ3n) is 1.25. The Bertz CT molecular complexity index is 131. The van der Waals surface area contributed by atoms with Crippen LogP contribution < -0.4 is 0 Å². The molecular weight excluding hydrogens is 116 g/mol. The van der Waals surface area contributed by atoms with E-state index >= 15 is 0 Å². The van der Waals surface area contributed by atoms with Crippen LogP contribution in [-0.4, -0.2) is 36.7 Å². The Morgan fingerprint density at radius 2 is 2.44 bits per heavy atom. The van der Waals surface area contributed by atoms with Gasteiger partial charge in [-0.15, -0.1) is 0 Å². The van der Waals surface area contributed by atoms with Gasteiger partial charge in [0.1, 0.15) is 0 Å². The van der Waals surface area contributed by atoms with Gasteiger partial charge in [-0.05, 0) is 6.42 Å². The molecule has 0 aliphatic carbocycles. The maximum atomic E-state index is 8.49. The van der Waals surface area contributed by atoms with Crippen molar-refractivity contribution in [2.75, 3.05) is 13.2 Å². The number of nitrogens with zero attached hydrogens (tertiary/aromatic N) is 2. The van der Waals surface area contributed by atoms with Gasteiger partial charge in [0.15, 0.2) is 0 Å². The molecule has 1 aliphatic heterocycles. The van der Waals surface area contributed by atoms with Crippen LogP contribution in [0.4, 0.5) is 0 Å². The number of aliphatic hydroxyl groups excluding tert-OH is 1. The Kier molecular flexibility index (Phi) is 2.39. The second kappa shape index (κ2) is 3.35. The van der Waals surface area contributed by atoms with Crippen LogP contribution in [0.5, 0.6) is 0 Å². The van der Waals surface area contributed by atoms with E-state index in [4.69, 9.17) is 5.11 Å². The van der Waals surface area contributed by atoms with Crippen molar-refractivity contribution in [2.24, 2.45) is 9.98 Å². The number of aliphatic imine (C=N–C) groups is 2. The highest BCUT2D eigenvalue weighted by molar-refractivity contribution is 6.16. The molecule has 0 saturated heterocycles. The first-order chi connectivity index (χ1) is 4.43. The summed E-state index contributed by atoms with van der Waals surface area (Å²) in [6, 6.07) is 0.222. The molecule has 0 spiro atoms. The molecule has 0 aromatic rings. The molecule has 1 heterocycles. The largest absolute Gasteiger partial charge is 0.396 e. The van der Waals surface area contributed by atoms with Crippen LogP contribution in [0.25, 0.3) is 0 Å². The summed E-state index contributed by atoms with van der Waals surface area (Å²) in [4.78, 5) is 8.08.